The number of fused-ring (bicyclic) bond motifs is 2. The van der Waals surface area contributed by atoms with Crippen molar-refractivity contribution < 1.29 is 13.3 Å². The fraction of sp³-hybridized carbons (Fsp3) is 0.435. The summed E-state index contributed by atoms with van der Waals surface area (Å²) in [6, 6.07) is 16.6. The van der Waals surface area contributed by atoms with Crippen LogP contribution in [0, 0.1) is 16.7 Å². The topological polar surface area (TPSA) is 67.8 Å². The van der Waals surface area contributed by atoms with Crippen LogP contribution >= 0.6 is 11.6 Å². The fourth-order valence-electron chi connectivity index (χ4n) is 5.11. The molecule has 0 amide bonds. The van der Waals surface area contributed by atoms with Crippen molar-refractivity contribution in [3.63, 3.8) is 0 Å². The first-order valence-corrected chi connectivity index (χ1v) is 12.2. The first-order chi connectivity index (χ1) is 14.2. The zero-order chi connectivity index (χ0) is 21.4. The lowest BCUT2D eigenvalue weighted by Crippen LogP contribution is -2.43. The number of rotatable bonds is 7. The molecule has 0 aliphatic heterocycles. The lowest BCUT2D eigenvalue weighted by Gasteiger charge is -2.37. The van der Waals surface area contributed by atoms with Crippen LogP contribution in [0.1, 0.15) is 38.7 Å². The van der Waals surface area contributed by atoms with Crippen LogP contribution in [0.25, 0.3) is 0 Å². The first-order valence-electron chi connectivity index (χ1n) is 10.2. The second-order valence-corrected chi connectivity index (χ2v) is 11.1. The maximum Gasteiger partial charge on any atom is 0.233 e. The Hall–Kier alpha value is -2.05. The molecule has 2 unspecified atom stereocenters. The second-order valence-electron chi connectivity index (χ2n) is 8.91. The van der Waals surface area contributed by atoms with E-state index in [1.54, 1.807) is 24.3 Å². The van der Waals surface area contributed by atoms with Crippen molar-refractivity contribution in [2.24, 2.45) is 21.9 Å². The van der Waals surface area contributed by atoms with Gasteiger partial charge in [0.05, 0.1) is 11.5 Å². The van der Waals surface area contributed by atoms with Crippen LogP contribution in [0.2, 0.25) is 5.02 Å². The summed E-state index contributed by atoms with van der Waals surface area (Å²) in [7, 11) is -3.60. The van der Waals surface area contributed by atoms with E-state index in [2.05, 4.69) is 23.7 Å². The first kappa shape index (κ1) is 21.2. The van der Waals surface area contributed by atoms with Gasteiger partial charge in [0.25, 0.3) is 0 Å². The van der Waals surface area contributed by atoms with Gasteiger partial charge in [0.1, 0.15) is 6.61 Å². The van der Waals surface area contributed by atoms with Gasteiger partial charge in [-0.15, -0.1) is 0 Å². The molecule has 0 aromatic heterocycles. The Bertz CT molecular complexity index is 1050. The second kappa shape index (κ2) is 7.89. The van der Waals surface area contributed by atoms with Gasteiger partial charge in [0.2, 0.25) is 10.0 Å². The molecule has 0 heterocycles. The molecule has 0 radical (unpaired) electrons. The minimum absolute atomic E-state index is 0.0104. The lowest BCUT2D eigenvalue weighted by atomic mass is 9.70. The van der Waals surface area contributed by atoms with E-state index in [0.29, 0.717) is 23.2 Å². The molecular weight excluding hydrogens is 420 g/mol. The maximum atomic E-state index is 13.1. The summed E-state index contributed by atoms with van der Waals surface area (Å²) in [6.45, 7) is 4.71. The molecule has 2 aliphatic rings. The molecule has 1 N–H and O–H groups in total. The zero-order valence-corrected chi connectivity index (χ0v) is 18.8. The molecule has 2 atom stereocenters. The molecule has 2 fully saturated rings. The summed E-state index contributed by atoms with van der Waals surface area (Å²) in [5.41, 5.74) is 1.69. The number of halogens is 1. The number of anilines is 1. The van der Waals surface area contributed by atoms with Crippen LogP contribution < -0.4 is 4.72 Å². The third-order valence-electron chi connectivity index (χ3n) is 6.95. The lowest BCUT2D eigenvalue weighted by molar-refractivity contribution is 0.123. The molecule has 2 bridgehead atoms. The van der Waals surface area contributed by atoms with E-state index in [0.717, 1.165) is 30.5 Å². The SMILES string of the molecule is CC1(C)C2CCC1(CS(=O)(=O)Nc1cccc(Cl)c1)C(=NOCc1ccccc1)C2. The highest BCUT2D eigenvalue weighted by atomic mass is 35.5. The van der Waals surface area contributed by atoms with Crippen molar-refractivity contribution in [3.8, 4) is 0 Å². The van der Waals surface area contributed by atoms with Crippen molar-refractivity contribution in [1.29, 1.82) is 0 Å². The summed E-state index contributed by atoms with van der Waals surface area (Å²) in [5.74, 6) is 0.404. The van der Waals surface area contributed by atoms with Gasteiger partial charge < -0.3 is 4.84 Å². The molecule has 160 valence electrons. The van der Waals surface area contributed by atoms with E-state index in [-0.39, 0.29) is 11.2 Å². The highest BCUT2D eigenvalue weighted by Crippen LogP contribution is 2.64. The van der Waals surface area contributed by atoms with E-state index in [9.17, 15) is 8.42 Å². The van der Waals surface area contributed by atoms with Gasteiger partial charge in [-0.1, -0.05) is 67.0 Å². The van der Waals surface area contributed by atoms with Crippen molar-refractivity contribution in [1.82, 2.24) is 0 Å². The van der Waals surface area contributed by atoms with Crippen LogP contribution in [0.4, 0.5) is 5.69 Å². The molecule has 30 heavy (non-hydrogen) atoms. The average molecular weight is 447 g/mol. The molecule has 2 saturated carbocycles. The number of nitrogens with one attached hydrogen (secondary N) is 1. The maximum absolute atomic E-state index is 13.1. The molecule has 4 rings (SSSR count). The number of hydrogen-bond acceptors (Lipinski definition) is 4. The molecule has 5 nitrogen and oxygen atoms in total. The third kappa shape index (κ3) is 3.95. The standard InChI is InChI=1S/C23H27ClN2O3S/c1-22(2)18-11-12-23(22,16-30(27,28)26-20-10-6-9-19(24)14-20)21(13-18)25-29-15-17-7-4-3-5-8-17/h3-10,14,18,26H,11-13,15-16H2,1-2H3. The van der Waals surface area contributed by atoms with Gasteiger partial charge in [-0.3, -0.25) is 4.72 Å². The highest BCUT2D eigenvalue weighted by molar-refractivity contribution is 7.92. The molecule has 2 aromatic carbocycles. The smallest absolute Gasteiger partial charge is 0.233 e. The molecule has 0 spiro atoms. The third-order valence-corrected chi connectivity index (χ3v) is 8.60. The largest absolute Gasteiger partial charge is 0.391 e. The predicted octanol–water partition coefficient (Wildman–Crippen LogP) is 5.48. The zero-order valence-electron chi connectivity index (χ0n) is 17.3. The van der Waals surface area contributed by atoms with E-state index in [1.165, 1.54) is 0 Å². The molecule has 2 aliphatic carbocycles. The van der Waals surface area contributed by atoms with Crippen molar-refractivity contribution in [3.05, 3.63) is 65.2 Å². The number of nitrogens with zero attached hydrogens (tertiary/aromatic N) is 1. The average Bonchev–Trinajstić information content (AvgIpc) is 3.03. The quantitative estimate of drug-likeness (QED) is 0.572. The van der Waals surface area contributed by atoms with Gasteiger partial charge >= 0.3 is 0 Å². The Kier molecular flexibility index (Phi) is 5.58. The van der Waals surface area contributed by atoms with E-state index < -0.39 is 15.4 Å². The van der Waals surface area contributed by atoms with Crippen LogP contribution in [0.5, 0.6) is 0 Å². The van der Waals surface area contributed by atoms with Crippen molar-refractivity contribution in [2.75, 3.05) is 10.5 Å². The fourth-order valence-corrected chi connectivity index (χ4v) is 7.19. The minimum Gasteiger partial charge on any atom is -0.391 e. The highest BCUT2D eigenvalue weighted by Gasteiger charge is 2.64. The number of hydrogen-bond donors (Lipinski definition) is 1. The summed E-state index contributed by atoms with van der Waals surface area (Å²) in [4.78, 5) is 5.68. The minimum atomic E-state index is -3.60. The van der Waals surface area contributed by atoms with E-state index in [1.807, 2.05) is 30.3 Å². The van der Waals surface area contributed by atoms with Gasteiger partial charge in [0, 0.05) is 16.1 Å². The van der Waals surface area contributed by atoms with E-state index in [4.69, 9.17) is 16.4 Å². The molecule has 2 aromatic rings. The van der Waals surface area contributed by atoms with Crippen LogP contribution in [-0.4, -0.2) is 19.9 Å². The van der Waals surface area contributed by atoms with Crippen molar-refractivity contribution >= 4 is 33.0 Å². The van der Waals surface area contributed by atoms with Gasteiger partial charge in [0.15, 0.2) is 0 Å². The molecular formula is C23H27ClN2O3S. The number of oxime groups is 1. The summed E-state index contributed by atoms with van der Waals surface area (Å²) in [5, 5.41) is 4.97. The summed E-state index contributed by atoms with van der Waals surface area (Å²) >= 11 is 6.01. The molecule has 7 heteroatoms. The Morgan fingerprint density at radius 3 is 2.63 bits per heavy atom. The molecule has 0 saturated heterocycles. The Labute approximate surface area is 183 Å². The van der Waals surface area contributed by atoms with E-state index >= 15 is 0 Å². The van der Waals surface area contributed by atoms with Crippen LogP contribution in [0.3, 0.4) is 0 Å². The monoisotopic (exact) mass is 446 g/mol. The predicted molar refractivity (Wildman–Crippen MR) is 121 cm³/mol. The summed E-state index contributed by atoms with van der Waals surface area (Å²) in [6.07, 6.45) is 2.60. The summed E-state index contributed by atoms with van der Waals surface area (Å²) < 4.78 is 29.0. The Morgan fingerprint density at radius 2 is 1.93 bits per heavy atom. The normalized spacial score (nSPS) is 26.1. The van der Waals surface area contributed by atoms with Crippen LogP contribution in [-0.2, 0) is 21.5 Å². The van der Waals surface area contributed by atoms with Crippen molar-refractivity contribution in [2.45, 2.75) is 39.7 Å². The van der Waals surface area contributed by atoms with Gasteiger partial charge in [-0.05, 0) is 54.4 Å². The number of benzene rings is 2. The van der Waals surface area contributed by atoms with Gasteiger partial charge in [-0.2, -0.15) is 0 Å². The van der Waals surface area contributed by atoms with Crippen LogP contribution in [0.15, 0.2) is 59.8 Å². The van der Waals surface area contributed by atoms with Gasteiger partial charge in [-0.25, -0.2) is 8.42 Å². The number of sulfonamides is 1. The Morgan fingerprint density at radius 1 is 1.17 bits per heavy atom. The Balaban J connectivity index is 1.56.